The Kier molecular flexibility index (Phi) is 6.04. The van der Waals surface area contributed by atoms with Gasteiger partial charge in [0.25, 0.3) is 20.0 Å². The van der Waals surface area contributed by atoms with Crippen LogP contribution in [0.1, 0.15) is 0 Å². The molecule has 1 N–H and O–H groups in total. The minimum Gasteiger partial charge on any atom is -0.288 e. The van der Waals surface area contributed by atoms with E-state index in [0.717, 1.165) is 10.0 Å². The lowest BCUT2D eigenvalue weighted by Crippen LogP contribution is -2.25. The maximum atomic E-state index is 13.0. The number of benzene rings is 3. The summed E-state index contributed by atoms with van der Waals surface area (Å²) in [6.45, 7) is 0. The van der Waals surface area contributed by atoms with E-state index in [-0.39, 0.29) is 15.5 Å². The zero-order chi connectivity index (χ0) is 21.1. The molecule has 152 valence electrons. The predicted octanol–water partition coefficient (Wildman–Crippen LogP) is 3.34. The highest BCUT2D eigenvalue weighted by molar-refractivity contribution is 7.92. The van der Waals surface area contributed by atoms with Crippen LogP contribution in [0.25, 0.3) is 11.1 Å². The third-order valence-corrected chi connectivity index (χ3v) is 7.39. The van der Waals surface area contributed by atoms with Crippen LogP contribution in [0.4, 0.5) is 5.69 Å². The highest BCUT2D eigenvalue weighted by Crippen LogP contribution is 2.28. The first-order valence-electron chi connectivity index (χ1n) is 8.56. The van der Waals surface area contributed by atoms with Gasteiger partial charge in [-0.3, -0.25) is 9.56 Å². The zero-order valence-corrected chi connectivity index (χ0v) is 17.4. The van der Waals surface area contributed by atoms with Crippen molar-refractivity contribution in [3.63, 3.8) is 0 Å². The third-order valence-electron chi connectivity index (χ3n) is 4.26. The smallest absolute Gasteiger partial charge is 0.264 e. The summed E-state index contributed by atoms with van der Waals surface area (Å²) in [5, 5.41) is 0. The first-order valence-corrected chi connectivity index (χ1v) is 11.5. The van der Waals surface area contributed by atoms with Gasteiger partial charge >= 0.3 is 0 Å². The molecule has 0 aliphatic heterocycles. The number of sulfonamides is 2. The summed E-state index contributed by atoms with van der Waals surface area (Å²) in [5.41, 5.74) is 1.59. The molecule has 0 radical (unpaired) electrons. The fourth-order valence-electron chi connectivity index (χ4n) is 2.71. The fraction of sp³-hybridized carbons (Fsp3) is 0.100. The van der Waals surface area contributed by atoms with Gasteiger partial charge in [0.1, 0.15) is 0 Å². The quantitative estimate of drug-likeness (QED) is 0.578. The van der Waals surface area contributed by atoms with E-state index in [0.29, 0.717) is 5.56 Å². The summed E-state index contributed by atoms with van der Waals surface area (Å²) in [7, 11) is -5.20. The number of hydrogen-bond acceptors (Lipinski definition) is 5. The lowest BCUT2D eigenvalue weighted by Gasteiger charge is -2.15. The molecule has 7 nitrogen and oxygen atoms in total. The minimum absolute atomic E-state index is 0.0190. The van der Waals surface area contributed by atoms with Crippen molar-refractivity contribution < 1.29 is 21.7 Å². The number of rotatable bonds is 7. The number of hydrogen-bond donors (Lipinski definition) is 1. The molecule has 0 aliphatic rings. The molecule has 0 saturated heterocycles. The normalized spacial score (nSPS) is 12.1. The molecule has 3 aromatic rings. The highest BCUT2D eigenvalue weighted by Gasteiger charge is 2.22. The van der Waals surface area contributed by atoms with Crippen molar-refractivity contribution >= 4 is 25.7 Å². The number of nitrogens with one attached hydrogen (secondary N) is 1. The third kappa shape index (κ3) is 4.48. The molecular formula is C20H20N2O5S2. The van der Waals surface area contributed by atoms with Crippen LogP contribution in [0, 0.1) is 0 Å². The molecular weight excluding hydrogens is 412 g/mol. The van der Waals surface area contributed by atoms with Crippen molar-refractivity contribution in [2.75, 3.05) is 18.9 Å². The van der Waals surface area contributed by atoms with Gasteiger partial charge < -0.3 is 0 Å². The van der Waals surface area contributed by atoms with Crippen LogP contribution in [-0.2, 0) is 24.9 Å². The topological polar surface area (TPSA) is 92.8 Å². The van der Waals surface area contributed by atoms with Crippen LogP contribution in [0.2, 0.25) is 0 Å². The molecule has 3 aromatic carbocycles. The van der Waals surface area contributed by atoms with Crippen LogP contribution < -0.4 is 4.72 Å². The Morgan fingerprint density at radius 3 is 2.00 bits per heavy atom. The van der Waals surface area contributed by atoms with Crippen molar-refractivity contribution in [2.24, 2.45) is 0 Å². The molecule has 0 bridgehead atoms. The van der Waals surface area contributed by atoms with Gasteiger partial charge in [0.05, 0.1) is 16.9 Å². The molecule has 0 saturated carbocycles. The molecule has 9 heteroatoms. The summed E-state index contributed by atoms with van der Waals surface area (Å²) in [6, 6.07) is 21.3. The van der Waals surface area contributed by atoms with Gasteiger partial charge in [0.2, 0.25) is 0 Å². The second-order valence-corrected chi connectivity index (χ2v) is 9.68. The van der Waals surface area contributed by atoms with Crippen molar-refractivity contribution in [1.29, 1.82) is 0 Å². The molecule has 0 amide bonds. The second kappa shape index (κ2) is 8.34. The Balaban J connectivity index is 1.92. The van der Waals surface area contributed by atoms with E-state index in [4.69, 9.17) is 4.84 Å². The van der Waals surface area contributed by atoms with E-state index in [9.17, 15) is 16.8 Å². The Morgan fingerprint density at radius 2 is 1.38 bits per heavy atom. The number of anilines is 1. The summed E-state index contributed by atoms with van der Waals surface area (Å²) in [4.78, 5) is 4.83. The molecule has 0 unspecified atom stereocenters. The maximum Gasteiger partial charge on any atom is 0.264 e. The fourth-order valence-corrected chi connectivity index (χ4v) is 4.97. The van der Waals surface area contributed by atoms with Crippen molar-refractivity contribution in [3.8, 4) is 11.1 Å². The van der Waals surface area contributed by atoms with Crippen molar-refractivity contribution in [3.05, 3.63) is 78.9 Å². The number of hydroxylamine groups is 1. The van der Waals surface area contributed by atoms with Gasteiger partial charge in [0.15, 0.2) is 0 Å². The molecule has 0 atom stereocenters. The van der Waals surface area contributed by atoms with Crippen molar-refractivity contribution in [1.82, 2.24) is 4.47 Å². The summed E-state index contributed by atoms with van der Waals surface area (Å²) < 4.78 is 53.7. The molecule has 0 heterocycles. The Labute approximate surface area is 170 Å². The van der Waals surface area contributed by atoms with E-state index in [2.05, 4.69) is 4.72 Å². The van der Waals surface area contributed by atoms with Crippen molar-refractivity contribution in [2.45, 2.75) is 9.79 Å². The summed E-state index contributed by atoms with van der Waals surface area (Å²) >= 11 is 0. The van der Waals surface area contributed by atoms with E-state index in [1.807, 2.05) is 30.3 Å². The van der Waals surface area contributed by atoms with Crippen LogP contribution in [-0.4, -0.2) is 35.5 Å². The molecule has 3 rings (SSSR count). The zero-order valence-electron chi connectivity index (χ0n) is 15.8. The Bertz CT molecular complexity index is 1190. The molecule has 29 heavy (non-hydrogen) atoms. The SMILES string of the molecule is CON(C)S(=O)(=O)c1ccc(NS(=O)(=O)c2ccccc2-c2ccccc2)cc1. The Hall–Kier alpha value is -2.72. The van der Waals surface area contributed by atoms with Gasteiger partial charge in [-0.05, 0) is 35.9 Å². The second-order valence-electron chi connectivity index (χ2n) is 6.09. The van der Waals surface area contributed by atoms with E-state index in [1.165, 1.54) is 44.5 Å². The monoisotopic (exact) mass is 432 g/mol. The largest absolute Gasteiger partial charge is 0.288 e. The Morgan fingerprint density at radius 1 is 0.793 bits per heavy atom. The van der Waals surface area contributed by atoms with Gasteiger partial charge in [-0.2, -0.15) is 0 Å². The van der Waals surface area contributed by atoms with Gasteiger partial charge in [-0.1, -0.05) is 53.0 Å². The molecule has 0 fully saturated rings. The molecule has 0 spiro atoms. The van der Waals surface area contributed by atoms with Gasteiger partial charge in [-0.25, -0.2) is 16.8 Å². The summed E-state index contributed by atoms with van der Waals surface area (Å²) in [5.74, 6) is 0. The molecule has 0 aromatic heterocycles. The first-order chi connectivity index (χ1) is 13.8. The van der Waals surface area contributed by atoms with Crippen LogP contribution in [0.5, 0.6) is 0 Å². The van der Waals surface area contributed by atoms with E-state index in [1.54, 1.807) is 18.2 Å². The average molecular weight is 433 g/mol. The average Bonchev–Trinajstić information content (AvgIpc) is 2.74. The van der Waals surface area contributed by atoms with Crippen LogP contribution in [0.15, 0.2) is 88.7 Å². The van der Waals surface area contributed by atoms with Crippen LogP contribution in [0.3, 0.4) is 0 Å². The first kappa shape index (κ1) is 21.0. The molecule has 0 aliphatic carbocycles. The van der Waals surface area contributed by atoms with E-state index >= 15 is 0 Å². The lowest BCUT2D eigenvalue weighted by atomic mass is 10.1. The number of nitrogens with zero attached hydrogens (tertiary/aromatic N) is 1. The lowest BCUT2D eigenvalue weighted by molar-refractivity contribution is -0.0258. The van der Waals surface area contributed by atoms with Crippen LogP contribution >= 0.6 is 0 Å². The van der Waals surface area contributed by atoms with Gasteiger partial charge in [-0.15, -0.1) is 0 Å². The predicted molar refractivity (Wildman–Crippen MR) is 111 cm³/mol. The maximum absolute atomic E-state index is 13.0. The minimum atomic E-state index is -3.90. The van der Waals surface area contributed by atoms with E-state index < -0.39 is 20.0 Å². The van der Waals surface area contributed by atoms with Gasteiger partial charge in [0, 0.05) is 18.3 Å². The summed E-state index contributed by atoms with van der Waals surface area (Å²) in [6.07, 6.45) is 0. The standard InChI is InChI=1S/C20H20N2O5S2/c1-22(27-2)29(25,26)18-14-12-17(13-15-18)21-28(23,24)20-11-7-6-10-19(20)16-8-4-3-5-9-16/h3-15,21H,1-2H3. The highest BCUT2D eigenvalue weighted by atomic mass is 32.2.